The molecule has 7 nitrogen and oxygen atoms in total. The van der Waals surface area contributed by atoms with E-state index in [9.17, 15) is 9.59 Å². The molecule has 0 atom stereocenters. The van der Waals surface area contributed by atoms with Gasteiger partial charge in [-0.25, -0.2) is 9.78 Å². The van der Waals surface area contributed by atoms with Crippen molar-refractivity contribution in [3.05, 3.63) is 39.3 Å². The highest BCUT2D eigenvalue weighted by Crippen LogP contribution is 2.31. The van der Waals surface area contributed by atoms with Gasteiger partial charge in [-0.3, -0.25) is 4.79 Å². The normalized spacial score (nSPS) is 10.4. The van der Waals surface area contributed by atoms with Gasteiger partial charge in [0.05, 0.1) is 25.8 Å². The Hall–Kier alpha value is -2.61. The van der Waals surface area contributed by atoms with Crippen LogP contribution in [0.4, 0.5) is 0 Å². The Balaban J connectivity index is 2.03. The Kier molecular flexibility index (Phi) is 6.97. The maximum absolute atomic E-state index is 12.2. The van der Waals surface area contributed by atoms with E-state index in [4.69, 9.17) is 14.6 Å². The van der Waals surface area contributed by atoms with Crippen LogP contribution < -0.4 is 14.8 Å². The molecule has 0 aliphatic rings. The second-order valence-electron chi connectivity index (χ2n) is 5.58. The summed E-state index contributed by atoms with van der Waals surface area (Å²) in [5.41, 5.74) is 1.24. The lowest BCUT2D eigenvalue weighted by Crippen LogP contribution is -2.25. The fourth-order valence-corrected chi connectivity index (χ4v) is 3.25. The SMILES string of the molecule is CCCOc1c(CNC(=O)Cc2nc(C)c(C(=O)O)s2)cccc1OC. The number of carboxylic acid groups (broad SMARTS) is 1. The predicted octanol–water partition coefficient (Wildman–Crippen LogP) is 2.81. The van der Waals surface area contributed by atoms with Crippen molar-refractivity contribution < 1.29 is 24.2 Å². The first-order chi connectivity index (χ1) is 12.5. The number of benzene rings is 1. The average Bonchev–Trinajstić information content (AvgIpc) is 2.98. The number of ether oxygens (including phenoxy) is 2. The molecule has 1 heterocycles. The number of carbonyl (C=O) groups excluding carboxylic acids is 1. The quantitative estimate of drug-likeness (QED) is 0.696. The minimum absolute atomic E-state index is 0.0356. The molecule has 1 aromatic carbocycles. The number of amides is 1. The number of carbonyl (C=O) groups is 2. The Morgan fingerprint density at radius 2 is 2.12 bits per heavy atom. The third-order valence-electron chi connectivity index (χ3n) is 3.55. The molecule has 1 aromatic heterocycles. The van der Waals surface area contributed by atoms with Gasteiger partial charge in [-0.15, -0.1) is 11.3 Å². The van der Waals surface area contributed by atoms with Gasteiger partial charge in [0, 0.05) is 12.1 Å². The average molecular weight is 378 g/mol. The Morgan fingerprint density at radius 3 is 2.73 bits per heavy atom. The van der Waals surface area contributed by atoms with E-state index >= 15 is 0 Å². The minimum atomic E-state index is -1.03. The van der Waals surface area contributed by atoms with Gasteiger partial charge in [0.1, 0.15) is 9.88 Å². The van der Waals surface area contributed by atoms with Crippen molar-refractivity contribution in [1.82, 2.24) is 10.3 Å². The summed E-state index contributed by atoms with van der Waals surface area (Å²) in [6.45, 7) is 4.47. The topological polar surface area (TPSA) is 97.8 Å². The molecular formula is C18H22N2O5S. The lowest BCUT2D eigenvalue weighted by Gasteiger charge is -2.15. The van der Waals surface area contributed by atoms with E-state index in [2.05, 4.69) is 10.3 Å². The molecule has 0 fully saturated rings. The zero-order valence-electron chi connectivity index (χ0n) is 15.0. The van der Waals surface area contributed by atoms with Crippen molar-refractivity contribution in [3.63, 3.8) is 0 Å². The van der Waals surface area contributed by atoms with Gasteiger partial charge >= 0.3 is 5.97 Å². The summed E-state index contributed by atoms with van der Waals surface area (Å²) in [4.78, 5) is 27.6. The number of para-hydroxylation sites is 1. The molecule has 2 N–H and O–H groups in total. The zero-order valence-corrected chi connectivity index (χ0v) is 15.8. The smallest absolute Gasteiger partial charge is 0.347 e. The van der Waals surface area contributed by atoms with Crippen LogP contribution in [0.15, 0.2) is 18.2 Å². The van der Waals surface area contributed by atoms with Crippen molar-refractivity contribution in [2.24, 2.45) is 0 Å². The van der Waals surface area contributed by atoms with Crippen LogP contribution in [0.5, 0.6) is 11.5 Å². The molecule has 2 aromatic rings. The van der Waals surface area contributed by atoms with E-state index in [1.54, 1.807) is 14.0 Å². The molecule has 0 aliphatic heterocycles. The highest BCUT2D eigenvalue weighted by Gasteiger charge is 2.17. The largest absolute Gasteiger partial charge is 0.493 e. The molecule has 0 radical (unpaired) electrons. The molecular weight excluding hydrogens is 356 g/mol. The van der Waals surface area contributed by atoms with Gasteiger partial charge in [-0.1, -0.05) is 19.1 Å². The third-order valence-corrected chi connectivity index (χ3v) is 4.70. The first-order valence-corrected chi connectivity index (χ1v) is 9.02. The van der Waals surface area contributed by atoms with E-state index in [1.165, 1.54) is 0 Å². The molecule has 0 saturated heterocycles. The number of carboxylic acids is 1. The number of aromatic carboxylic acids is 1. The number of hydrogen-bond acceptors (Lipinski definition) is 6. The molecule has 140 valence electrons. The molecule has 0 bridgehead atoms. The van der Waals surface area contributed by atoms with Gasteiger partial charge in [0.25, 0.3) is 0 Å². The molecule has 0 unspecified atom stereocenters. The van der Waals surface area contributed by atoms with E-state index in [0.717, 1.165) is 23.3 Å². The summed E-state index contributed by atoms with van der Waals surface area (Å²) in [7, 11) is 1.57. The highest BCUT2D eigenvalue weighted by molar-refractivity contribution is 7.13. The molecule has 8 heteroatoms. The van der Waals surface area contributed by atoms with Crippen molar-refractivity contribution in [2.45, 2.75) is 33.2 Å². The number of methoxy groups -OCH3 is 1. The van der Waals surface area contributed by atoms with Crippen LogP contribution in [-0.4, -0.2) is 35.7 Å². The summed E-state index contributed by atoms with van der Waals surface area (Å²) in [5.74, 6) is -0.0250. The first kappa shape index (κ1) is 19.7. The van der Waals surface area contributed by atoms with Crippen LogP contribution in [0.25, 0.3) is 0 Å². The van der Waals surface area contributed by atoms with E-state index in [0.29, 0.717) is 28.8 Å². The van der Waals surface area contributed by atoms with Crippen LogP contribution >= 0.6 is 11.3 Å². The maximum Gasteiger partial charge on any atom is 0.347 e. The standard InChI is InChI=1S/C18H22N2O5S/c1-4-8-25-16-12(6-5-7-13(16)24-3)10-19-14(21)9-15-20-11(2)17(26-15)18(22)23/h5-7H,4,8-10H2,1-3H3,(H,19,21)(H,22,23). The van der Waals surface area contributed by atoms with Crippen LogP contribution in [0, 0.1) is 6.92 Å². The lowest BCUT2D eigenvalue weighted by atomic mass is 10.1. The number of aryl methyl sites for hydroxylation is 1. The maximum atomic E-state index is 12.2. The highest BCUT2D eigenvalue weighted by atomic mass is 32.1. The van der Waals surface area contributed by atoms with Crippen LogP contribution in [0.3, 0.4) is 0 Å². The second kappa shape index (κ2) is 9.19. The second-order valence-corrected chi connectivity index (χ2v) is 6.66. The van der Waals surface area contributed by atoms with Gasteiger partial charge < -0.3 is 19.9 Å². The fraction of sp³-hybridized carbons (Fsp3) is 0.389. The minimum Gasteiger partial charge on any atom is -0.493 e. The monoisotopic (exact) mass is 378 g/mol. The van der Waals surface area contributed by atoms with Crippen molar-refractivity contribution >= 4 is 23.2 Å². The van der Waals surface area contributed by atoms with E-state index in [-0.39, 0.29) is 23.7 Å². The molecule has 0 aliphatic carbocycles. The third kappa shape index (κ3) is 4.95. The van der Waals surface area contributed by atoms with Gasteiger partial charge in [0.2, 0.25) is 5.91 Å². The molecule has 0 saturated carbocycles. The van der Waals surface area contributed by atoms with Gasteiger partial charge in [0.15, 0.2) is 11.5 Å². The first-order valence-electron chi connectivity index (χ1n) is 8.21. The van der Waals surface area contributed by atoms with Crippen molar-refractivity contribution in [1.29, 1.82) is 0 Å². The Labute approximate surface area is 156 Å². The number of nitrogens with one attached hydrogen (secondary N) is 1. The summed E-state index contributed by atoms with van der Waals surface area (Å²) in [5, 5.41) is 12.4. The van der Waals surface area contributed by atoms with Crippen molar-refractivity contribution in [2.75, 3.05) is 13.7 Å². The summed E-state index contributed by atoms with van der Waals surface area (Å²) in [6.07, 6.45) is 0.896. The fourth-order valence-electron chi connectivity index (χ4n) is 2.35. The van der Waals surface area contributed by atoms with E-state index < -0.39 is 5.97 Å². The predicted molar refractivity (Wildman–Crippen MR) is 98.1 cm³/mol. The zero-order chi connectivity index (χ0) is 19.1. The molecule has 2 rings (SSSR count). The van der Waals surface area contributed by atoms with Gasteiger partial charge in [-0.05, 0) is 19.4 Å². The lowest BCUT2D eigenvalue weighted by molar-refractivity contribution is -0.120. The summed E-state index contributed by atoms with van der Waals surface area (Å²) in [6, 6.07) is 5.51. The van der Waals surface area contributed by atoms with Crippen molar-refractivity contribution in [3.8, 4) is 11.5 Å². The number of aromatic nitrogens is 1. The number of hydrogen-bond donors (Lipinski definition) is 2. The summed E-state index contributed by atoms with van der Waals surface area (Å²) < 4.78 is 11.1. The number of thiazole rings is 1. The van der Waals surface area contributed by atoms with E-state index in [1.807, 2.05) is 25.1 Å². The van der Waals surface area contributed by atoms with Crippen LogP contribution in [-0.2, 0) is 17.8 Å². The molecule has 26 heavy (non-hydrogen) atoms. The Bertz CT molecular complexity index is 788. The Morgan fingerprint density at radius 1 is 1.35 bits per heavy atom. The number of rotatable bonds is 9. The number of nitrogens with zero attached hydrogens (tertiary/aromatic N) is 1. The molecule has 1 amide bonds. The van der Waals surface area contributed by atoms with Gasteiger partial charge in [-0.2, -0.15) is 0 Å². The summed E-state index contributed by atoms with van der Waals surface area (Å²) >= 11 is 1.02. The van der Waals surface area contributed by atoms with Crippen LogP contribution in [0.1, 0.15) is 39.3 Å². The molecule has 0 spiro atoms. The van der Waals surface area contributed by atoms with Crippen LogP contribution in [0.2, 0.25) is 0 Å².